The number of rotatable bonds is 4. The SMILES string of the molecule is CCOC(=O)Cn1c(=NC(=O)C2COc3ccccc3O2)sc2c3ccccc3ccc21. The van der Waals surface area contributed by atoms with Gasteiger partial charge < -0.3 is 18.8 Å². The van der Waals surface area contributed by atoms with Gasteiger partial charge in [-0.1, -0.05) is 53.8 Å². The van der Waals surface area contributed by atoms with Gasteiger partial charge in [-0.25, -0.2) is 0 Å². The Bertz CT molecular complexity index is 1400. The van der Waals surface area contributed by atoms with Crippen LogP contribution in [-0.4, -0.2) is 35.8 Å². The molecule has 1 amide bonds. The molecule has 0 radical (unpaired) electrons. The van der Waals surface area contributed by atoms with Gasteiger partial charge in [-0.15, -0.1) is 0 Å². The fourth-order valence-corrected chi connectivity index (χ4v) is 4.85. The number of thiazole rings is 1. The molecule has 1 atom stereocenters. The summed E-state index contributed by atoms with van der Waals surface area (Å²) < 4.78 is 19.3. The Balaban J connectivity index is 1.58. The topological polar surface area (TPSA) is 79.1 Å². The van der Waals surface area contributed by atoms with Crippen molar-refractivity contribution in [1.29, 1.82) is 0 Å². The second-order valence-corrected chi connectivity index (χ2v) is 8.20. The molecule has 3 aromatic carbocycles. The van der Waals surface area contributed by atoms with Crippen LogP contribution in [0.5, 0.6) is 11.5 Å². The predicted molar refractivity (Wildman–Crippen MR) is 121 cm³/mol. The van der Waals surface area contributed by atoms with Crippen molar-refractivity contribution in [3.8, 4) is 11.5 Å². The number of para-hydroxylation sites is 2. The second kappa shape index (κ2) is 8.47. The Morgan fingerprint density at radius 1 is 1.09 bits per heavy atom. The van der Waals surface area contributed by atoms with Gasteiger partial charge in [0.2, 0.25) is 6.10 Å². The molecule has 0 spiro atoms. The summed E-state index contributed by atoms with van der Waals surface area (Å²) in [5, 5.41) is 2.11. The number of carbonyl (C=O) groups excluding carboxylic acids is 2. The second-order valence-electron chi connectivity index (χ2n) is 7.23. The van der Waals surface area contributed by atoms with Gasteiger partial charge in [0.05, 0.1) is 16.8 Å². The van der Waals surface area contributed by atoms with E-state index >= 15 is 0 Å². The van der Waals surface area contributed by atoms with Gasteiger partial charge in [-0.3, -0.25) is 9.59 Å². The van der Waals surface area contributed by atoms with Crippen LogP contribution < -0.4 is 14.3 Å². The smallest absolute Gasteiger partial charge is 0.326 e. The first-order chi connectivity index (χ1) is 15.6. The lowest BCUT2D eigenvalue weighted by molar-refractivity contribution is -0.143. The maximum Gasteiger partial charge on any atom is 0.326 e. The number of carbonyl (C=O) groups is 2. The molecular formula is C24H20N2O5S. The van der Waals surface area contributed by atoms with E-state index in [0.717, 1.165) is 21.0 Å². The lowest BCUT2D eigenvalue weighted by atomic mass is 10.1. The number of fused-ring (bicyclic) bond motifs is 4. The molecular weight excluding hydrogens is 428 g/mol. The number of hydrogen-bond donors (Lipinski definition) is 0. The Morgan fingerprint density at radius 2 is 1.88 bits per heavy atom. The summed E-state index contributed by atoms with van der Waals surface area (Å²) in [4.78, 5) is 30.0. The maximum atomic E-state index is 13.0. The third-order valence-corrected chi connectivity index (χ3v) is 6.28. The Hall–Kier alpha value is -3.65. The summed E-state index contributed by atoms with van der Waals surface area (Å²) >= 11 is 1.36. The first kappa shape index (κ1) is 20.3. The zero-order chi connectivity index (χ0) is 22.1. The molecule has 2 heterocycles. The van der Waals surface area contributed by atoms with Crippen LogP contribution in [0.1, 0.15) is 6.92 Å². The minimum atomic E-state index is -0.858. The minimum absolute atomic E-state index is 0.0385. The standard InChI is InChI=1S/C24H20N2O5S/c1-2-29-21(27)13-26-17-12-11-15-7-3-4-8-16(15)22(17)32-24(26)25-23(28)20-14-30-18-9-5-6-10-19(18)31-20/h3-12,20H,2,13-14H2,1H3. The van der Waals surface area contributed by atoms with Crippen molar-refractivity contribution >= 4 is 44.2 Å². The molecule has 7 nitrogen and oxygen atoms in total. The van der Waals surface area contributed by atoms with E-state index in [1.54, 1.807) is 23.6 Å². The Kier molecular flexibility index (Phi) is 5.36. The average Bonchev–Trinajstić information content (AvgIpc) is 3.16. The molecule has 162 valence electrons. The lowest BCUT2D eigenvalue weighted by Gasteiger charge is -2.23. The summed E-state index contributed by atoms with van der Waals surface area (Å²) in [5.74, 6) is 0.254. The van der Waals surface area contributed by atoms with E-state index in [1.165, 1.54) is 11.3 Å². The van der Waals surface area contributed by atoms with Crippen molar-refractivity contribution in [2.24, 2.45) is 4.99 Å². The van der Waals surface area contributed by atoms with E-state index in [4.69, 9.17) is 14.2 Å². The fourth-order valence-electron chi connectivity index (χ4n) is 3.68. The molecule has 1 aromatic heterocycles. The van der Waals surface area contributed by atoms with Crippen molar-refractivity contribution in [2.75, 3.05) is 13.2 Å². The van der Waals surface area contributed by atoms with E-state index in [1.807, 2.05) is 48.5 Å². The third kappa shape index (κ3) is 3.73. The van der Waals surface area contributed by atoms with Gasteiger partial charge >= 0.3 is 5.97 Å². The molecule has 0 saturated heterocycles. The van der Waals surface area contributed by atoms with Crippen LogP contribution in [-0.2, 0) is 20.9 Å². The van der Waals surface area contributed by atoms with Crippen LogP contribution in [0.25, 0.3) is 21.0 Å². The number of hydrogen-bond acceptors (Lipinski definition) is 6. The van der Waals surface area contributed by atoms with E-state index in [2.05, 4.69) is 4.99 Å². The van der Waals surface area contributed by atoms with Crippen molar-refractivity contribution in [1.82, 2.24) is 4.57 Å². The van der Waals surface area contributed by atoms with Gasteiger partial charge in [0.1, 0.15) is 13.2 Å². The van der Waals surface area contributed by atoms with Crippen LogP contribution in [0, 0.1) is 0 Å². The number of benzene rings is 3. The van der Waals surface area contributed by atoms with Gasteiger partial charge in [0, 0.05) is 5.39 Å². The van der Waals surface area contributed by atoms with Crippen LogP contribution in [0.4, 0.5) is 0 Å². The normalized spacial score (nSPS) is 15.8. The van der Waals surface area contributed by atoms with Gasteiger partial charge in [0.15, 0.2) is 16.3 Å². The van der Waals surface area contributed by atoms with Crippen LogP contribution in [0.3, 0.4) is 0 Å². The van der Waals surface area contributed by atoms with Crippen LogP contribution >= 0.6 is 11.3 Å². The molecule has 0 bridgehead atoms. The van der Waals surface area contributed by atoms with Crippen molar-refractivity contribution < 1.29 is 23.8 Å². The predicted octanol–water partition coefficient (Wildman–Crippen LogP) is 3.69. The van der Waals surface area contributed by atoms with Crippen LogP contribution in [0.15, 0.2) is 65.7 Å². The van der Waals surface area contributed by atoms with Gasteiger partial charge in [0.25, 0.3) is 5.91 Å². The molecule has 32 heavy (non-hydrogen) atoms. The number of esters is 1. The monoisotopic (exact) mass is 448 g/mol. The zero-order valence-electron chi connectivity index (χ0n) is 17.3. The Morgan fingerprint density at radius 3 is 2.72 bits per heavy atom. The zero-order valence-corrected chi connectivity index (χ0v) is 18.1. The highest BCUT2D eigenvalue weighted by Gasteiger charge is 2.27. The maximum absolute atomic E-state index is 13.0. The van der Waals surface area contributed by atoms with E-state index in [0.29, 0.717) is 16.3 Å². The van der Waals surface area contributed by atoms with Gasteiger partial charge in [-0.2, -0.15) is 4.99 Å². The number of amides is 1. The first-order valence-corrected chi connectivity index (χ1v) is 11.1. The average molecular weight is 449 g/mol. The Labute approximate surface area is 187 Å². The molecule has 1 aliphatic heterocycles. The molecule has 5 rings (SSSR count). The quantitative estimate of drug-likeness (QED) is 0.445. The fraction of sp³-hybridized carbons (Fsp3) is 0.208. The van der Waals surface area contributed by atoms with Crippen LogP contribution in [0.2, 0.25) is 0 Å². The molecule has 0 saturated carbocycles. The minimum Gasteiger partial charge on any atom is -0.485 e. The number of aromatic nitrogens is 1. The highest BCUT2D eigenvalue weighted by Crippen LogP contribution is 2.31. The molecule has 1 unspecified atom stereocenters. The lowest BCUT2D eigenvalue weighted by Crippen LogP contribution is -2.37. The highest BCUT2D eigenvalue weighted by atomic mass is 32.1. The highest BCUT2D eigenvalue weighted by molar-refractivity contribution is 7.17. The summed E-state index contributed by atoms with van der Waals surface area (Å²) in [6.07, 6.45) is -0.858. The summed E-state index contributed by atoms with van der Waals surface area (Å²) in [7, 11) is 0. The molecule has 1 aliphatic rings. The summed E-state index contributed by atoms with van der Waals surface area (Å²) in [6.45, 7) is 2.07. The molecule has 0 aliphatic carbocycles. The van der Waals surface area contributed by atoms with Crippen molar-refractivity contribution in [2.45, 2.75) is 19.6 Å². The largest absolute Gasteiger partial charge is 0.485 e. The van der Waals surface area contributed by atoms with Crippen molar-refractivity contribution in [3.05, 3.63) is 65.5 Å². The third-order valence-electron chi connectivity index (χ3n) is 5.16. The van der Waals surface area contributed by atoms with Crippen molar-refractivity contribution in [3.63, 3.8) is 0 Å². The molecule has 0 fully saturated rings. The van der Waals surface area contributed by atoms with E-state index < -0.39 is 12.0 Å². The number of ether oxygens (including phenoxy) is 3. The van der Waals surface area contributed by atoms with Gasteiger partial charge in [-0.05, 0) is 30.5 Å². The first-order valence-electron chi connectivity index (χ1n) is 10.3. The molecule has 0 N–H and O–H groups in total. The number of nitrogens with zero attached hydrogens (tertiary/aromatic N) is 2. The van der Waals surface area contributed by atoms with E-state index in [-0.39, 0.29) is 25.7 Å². The molecule has 8 heteroatoms. The molecule has 4 aromatic rings. The summed E-state index contributed by atoms with van der Waals surface area (Å²) in [5.41, 5.74) is 0.819. The van der Waals surface area contributed by atoms with E-state index in [9.17, 15) is 9.59 Å². The summed E-state index contributed by atoms with van der Waals surface area (Å²) in [6, 6.07) is 19.1.